The van der Waals surface area contributed by atoms with Gasteiger partial charge in [0.25, 0.3) is 0 Å². The van der Waals surface area contributed by atoms with E-state index in [1.54, 1.807) is 38.2 Å². The van der Waals surface area contributed by atoms with E-state index < -0.39 is 18.3 Å². The summed E-state index contributed by atoms with van der Waals surface area (Å²) in [5, 5.41) is 16.4. The molecule has 0 saturated heterocycles. The van der Waals surface area contributed by atoms with Gasteiger partial charge in [-0.3, -0.25) is 10.00 Å². The van der Waals surface area contributed by atoms with Crippen LogP contribution in [0, 0.1) is 13.8 Å². The Labute approximate surface area is 144 Å². The minimum absolute atomic E-state index is 0.0891. The molecule has 138 valence electrons. The van der Waals surface area contributed by atoms with Gasteiger partial charge in [-0.25, -0.2) is 0 Å². The Bertz CT molecular complexity index is 686. The molecule has 0 bridgehead atoms. The maximum Gasteiger partial charge on any atom is 0.408 e. The standard InChI is InChI=1S/C17H22F3N3O2/c1-11-15(12(2)23(3)22-11)16(17(18,19)20)21-9-13(24)10-25-14-7-5-4-6-8-14/h4-8,13,16,21,24H,9-10H2,1-3H3/t13-,16+/m0/s1. The SMILES string of the molecule is Cc1nn(C)c(C)c1[C@@H](NC[C@H](O)COc1ccccc1)C(F)(F)F. The van der Waals surface area contributed by atoms with E-state index in [-0.39, 0.29) is 18.7 Å². The number of aromatic nitrogens is 2. The molecule has 0 aliphatic rings. The van der Waals surface area contributed by atoms with E-state index in [2.05, 4.69) is 10.4 Å². The van der Waals surface area contributed by atoms with E-state index in [0.717, 1.165) is 0 Å². The highest BCUT2D eigenvalue weighted by Gasteiger charge is 2.43. The number of aryl methyl sites for hydroxylation is 2. The van der Waals surface area contributed by atoms with Crippen LogP contribution in [0.15, 0.2) is 30.3 Å². The van der Waals surface area contributed by atoms with Gasteiger partial charge in [0, 0.05) is 24.8 Å². The second kappa shape index (κ2) is 7.88. The summed E-state index contributed by atoms with van der Waals surface area (Å²) in [5.74, 6) is 0.549. The molecule has 0 unspecified atom stereocenters. The molecule has 8 heteroatoms. The number of nitrogens with one attached hydrogen (secondary N) is 1. The molecule has 2 rings (SSSR count). The topological polar surface area (TPSA) is 59.3 Å². The van der Waals surface area contributed by atoms with E-state index >= 15 is 0 Å². The first-order valence-electron chi connectivity index (χ1n) is 7.86. The normalized spacial score (nSPS) is 14.4. The predicted molar refractivity (Wildman–Crippen MR) is 87.4 cm³/mol. The van der Waals surface area contributed by atoms with Crippen molar-refractivity contribution >= 4 is 0 Å². The fourth-order valence-electron chi connectivity index (χ4n) is 2.61. The van der Waals surface area contributed by atoms with Crippen LogP contribution in [0.25, 0.3) is 0 Å². The molecular formula is C17H22F3N3O2. The summed E-state index contributed by atoms with van der Waals surface area (Å²) in [4.78, 5) is 0. The number of rotatable bonds is 7. The molecule has 1 heterocycles. The molecule has 0 aliphatic heterocycles. The maximum atomic E-state index is 13.5. The minimum Gasteiger partial charge on any atom is -0.491 e. The van der Waals surface area contributed by atoms with Crippen LogP contribution in [-0.2, 0) is 7.05 Å². The third-order valence-corrected chi connectivity index (χ3v) is 3.92. The first-order chi connectivity index (χ1) is 11.7. The number of benzene rings is 1. The summed E-state index contributed by atoms with van der Waals surface area (Å²) in [6.45, 7) is 2.76. The molecule has 0 spiro atoms. The van der Waals surface area contributed by atoms with Crippen molar-refractivity contribution in [1.82, 2.24) is 15.1 Å². The smallest absolute Gasteiger partial charge is 0.408 e. The van der Waals surface area contributed by atoms with Gasteiger partial charge in [-0.1, -0.05) is 18.2 Å². The van der Waals surface area contributed by atoms with Crippen LogP contribution in [-0.4, -0.2) is 40.3 Å². The first-order valence-corrected chi connectivity index (χ1v) is 7.86. The number of halogens is 3. The van der Waals surface area contributed by atoms with Crippen LogP contribution < -0.4 is 10.1 Å². The highest BCUT2D eigenvalue weighted by molar-refractivity contribution is 5.29. The lowest BCUT2D eigenvalue weighted by atomic mass is 10.0. The van der Waals surface area contributed by atoms with Crippen molar-refractivity contribution in [2.45, 2.75) is 32.2 Å². The molecular weight excluding hydrogens is 335 g/mol. The van der Waals surface area contributed by atoms with E-state index in [4.69, 9.17) is 4.74 Å². The van der Waals surface area contributed by atoms with Gasteiger partial charge in [0.05, 0.1) is 5.69 Å². The molecule has 0 radical (unpaired) electrons. The first kappa shape index (κ1) is 19.3. The number of aliphatic hydroxyl groups is 1. The van der Waals surface area contributed by atoms with Crippen molar-refractivity contribution in [3.8, 4) is 5.75 Å². The molecule has 2 N–H and O–H groups in total. The molecule has 0 amide bonds. The largest absolute Gasteiger partial charge is 0.491 e. The van der Waals surface area contributed by atoms with Crippen LogP contribution in [0.1, 0.15) is 23.0 Å². The molecule has 0 aliphatic carbocycles. The molecule has 0 saturated carbocycles. The average molecular weight is 357 g/mol. The van der Waals surface area contributed by atoms with Gasteiger partial charge in [-0.05, 0) is 26.0 Å². The predicted octanol–water partition coefficient (Wildman–Crippen LogP) is 2.67. The number of aliphatic hydroxyl groups excluding tert-OH is 1. The summed E-state index contributed by atoms with van der Waals surface area (Å²) in [7, 11) is 1.60. The Morgan fingerprint density at radius 1 is 1.24 bits per heavy atom. The van der Waals surface area contributed by atoms with E-state index in [9.17, 15) is 18.3 Å². The number of ether oxygens (including phenoxy) is 1. The zero-order valence-corrected chi connectivity index (χ0v) is 14.3. The van der Waals surface area contributed by atoms with Crippen molar-refractivity contribution < 1.29 is 23.0 Å². The van der Waals surface area contributed by atoms with Crippen LogP contribution >= 0.6 is 0 Å². The molecule has 1 aromatic heterocycles. The van der Waals surface area contributed by atoms with Gasteiger partial charge in [0.1, 0.15) is 24.5 Å². The summed E-state index contributed by atoms with van der Waals surface area (Å²) in [6.07, 6.45) is -5.58. The van der Waals surface area contributed by atoms with Crippen LogP contribution in [0.5, 0.6) is 5.75 Å². The Kier molecular flexibility index (Phi) is 6.07. The number of para-hydroxylation sites is 1. The van der Waals surface area contributed by atoms with Gasteiger partial charge in [-0.15, -0.1) is 0 Å². The van der Waals surface area contributed by atoms with Crippen molar-refractivity contribution in [2.75, 3.05) is 13.2 Å². The van der Waals surface area contributed by atoms with Crippen LogP contribution in [0.4, 0.5) is 13.2 Å². The Balaban J connectivity index is 2.01. The Morgan fingerprint density at radius 3 is 2.40 bits per heavy atom. The zero-order valence-electron chi connectivity index (χ0n) is 14.3. The minimum atomic E-state index is -4.50. The van der Waals surface area contributed by atoms with Crippen LogP contribution in [0.3, 0.4) is 0 Å². The molecule has 2 aromatic rings. The zero-order chi connectivity index (χ0) is 18.6. The highest BCUT2D eigenvalue weighted by atomic mass is 19.4. The number of alkyl halides is 3. The lowest BCUT2D eigenvalue weighted by molar-refractivity contribution is -0.159. The Hall–Kier alpha value is -2.06. The lowest BCUT2D eigenvalue weighted by Crippen LogP contribution is -2.40. The summed E-state index contributed by atoms with van der Waals surface area (Å²) in [5.41, 5.74) is 0.832. The van der Waals surface area contributed by atoms with E-state index in [1.807, 2.05) is 6.07 Å². The summed E-state index contributed by atoms with van der Waals surface area (Å²) >= 11 is 0. The number of nitrogens with zero attached hydrogens (tertiary/aromatic N) is 2. The van der Waals surface area contributed by atoms with Gasteiger partial charge in [0.15, 0.2) is 0 Å². The Morgan fingerprint density at radius 2 is 1.88 bits per heavy atom. The van der Waals surface area contributed by atoms with Crippen molar-refractivity contribution in [2.24, 2.45) is 7.05 Å². The van der Waals surface area contributed by atoms with Crippen molar-refractivity contribution in [3.63, 3.8) is 0 Å². The van der Waals surface area contributed by atoms with E-state index in [0.29, 0.717) is 17.1 Å². The maximum absolute atomic E-state index is 13.5. The number of hydrogen-bond acceptors (Lipinski definition) is 4. The quantitative estimate of drug-likeness (QED) is 0.800. The van der Waals surface area contributed by atoms with E-state index in [1.165, 1.54) is 11.6 Å². The second-order valence-electron chi connectivity index (χ2n) is 5.87. The van der Waals surface area contributed by atoms with Gasteiger partial charge in [0.2, 0.25) is 0 Å². The highest BCUT2D eigenvalue weighted by Crippen LogP contribution is 2.35. The molecule has 2 atom stereocenters. The van der Waals surface area contributed by atoms with Gasteiger partial charge >= 0.3 is 6.18 Å². The van der Waals surface area contributed by atoms with Crippen LogP contribution in [0.2, 0.25) is 0 Å². The third kappa shape index (κ3) is 4.96. The lowest BCUT2D eigenvalue weighted by Gasteiger charge is -2.24. The fourth-order valence-corrected chi connectivity index (χ4v) is 2.61. The number of hydrogen-bond donors (Lipinski definition) is 2. The third-order valence-electron chi connectivity index (χ3n) is 3.92. The van der Waals surface area contributed by atoms with Gasteiger partial charge < -0.3 is 9.84 Å². The second-order valence-corrected chi connectivity index (χ2v) is 5.87. The molecule has 25 heavy (non-hydrogen) atoms. The van der Waals surface area contributed by atoms with Gasteiger partial charge in [-0.2, -0.15) is 18.3 Å². The molecule has 5 nitrogen and oxygen atoms in total. The average Bonchev–Trinajstić information content (AvgIpc) is 2.79. The monoisotopic (exact) mass is 357 g/mol. The molecule has 0 fully saturated rings. The van der Waals surface area contributed by atoms with Crippen molar-refractivity contribution in [1.29, 1.82) is 0 Å². The summed E-state index contributed by atoms with van der Waals surface area (Å²) in [6, 6.07) is 6.88. The fraction of sp³-hybridized carbons (Fsp3) is 0.471. The van der Waals surface area contributed by atoms with Crippen molar-refractivity contribution in [3.05, 3.63) is 47.3 Å². The summed E-state index contributed by atoms with van der Waals surface area (Å²) < 4.78 is 47.2. The molecule has 1 aromatic carbocycles.